The van der Waals surface area contributed by atoms with Gasteiger partial charge in [0, 0.05) is 25.7 Å². The van der Waals surface area contributed by atoms with Crippen LogP contribution in [0.3, 0.4) is 0 Å². The molecule has 2 amide bonds. The fourth-order valence-electron chi connectivity index (χ4n) is 2.30. The van der Waals surface area contributed by atoms with Crippen molar-refractivity contribution in [3.63, 3.8) is 0 Å². The van der Waals surface area contributed by atoms with Crippen molar-refractivity contribution in [2.75, 3.05) is 25.0 Å². The number of fused-ring (bicyclic) bond motifs is 1. The molecule has 0 aliphatic carbocycles. The van der Waals surface area contributed by atoms with Crippen molar-refractivity contribution in [2.24, 2.45) is 0 Å². The Bertz CT molecular complexity index is 597. The van der Waals surface area contributed by atoms with E-state index in [-0.39, 0.29) is 23.9 Å². The number of hydrogen-bond donors (Lipinski definition) is 1. The van der Waals surface area contributed by atoms with Gasteiger partial charge in [-0.2, -0.15) is 0 Å². The number of anilines is 1. The predicted octanol–water partition coefficient (Wildman–Crippen LogP) is 1.14. The van der Waals surface area contributed by atoms with E-state index in [0.717, 1.165) is 5.56 Å². The van der Waals surface area contributed by atoms with Gasteiger partial charge in [0.1, 0.15) is 6.54 Å². The van der Waals surface area contributed by atoms with Gasteiger partial charge in [-0.1, -0.05) is 0 Å². The highest BCUT2D eigenvalue weighted by molar-refractivity contribution is 6.01. The first kappa shape index (κ1) is 15.0. The normalized spacial score (nSPS) is 13.8. The van der Waals surface area contributed by atoms with Gasteiger partial charge in [0.05, 0.1) is 5.56 Å². The standard InChI is InChI=1S/C15H18N2O4/c1-3-16(2)14(19)9-17-12-6-4-11(15(20)21)8-10(12)5-7-13(17)18/h4,6,8H,3,5,7,9H2,1-2H3,(H,20,21). The summed E-state index contributed by atoms with van der Waals surface area (Å²) in [5.41, 5.74) is 1.62. The Morgan fingerprint density at radius 1 is 1.33 bits per heavy atom. The third-order valence-corrected chi connectivity index (χ3v) is 3.72. The molecule has 1 aromatic rings. The van der Waals surface area contributed by atoms with Crippen molar-refractivity contribution in [1.29, 1.82) is 0 Å². The van der Waals surface area contributed by atoms with Gasteiger partial charge in [-0.15, -0.1) is 0 Å². The zero-order chi connectivity index (χ0) is 15.6. The molecule has 0 fully saturated rings. The number of aryl methyl sites for hydroxylation is 1. The van der Waals surface area contributed by atoms with Gasteiger partial charge < -0.3 is 14.9 Å². The summed E-state index contributed by atoms with van der Waals surface area (Å²) in [6, 6.07) is 4.64. The van der Waals surface area contributed by atoms with Crippen LogP contribution in [0.4, 0.5) is 5.69 Å². The van der Waals surface area contributed by atoms with E-state index in [4.69, 9.17) is 5.11 Å². The third-order valence-electron chi connectivity index (χ3n) is 3.72. The molecule has 1 aliphatic rings. The smallest absolute Gasteiger partial charge is 0.335 e. The Morgan fingerprint density at radius 2 is 2.05 bits per heavy atom. The molecule has 0 radical (unpaired) electrons. The predicted molar refractivity (Wildman–Crippen MR) is 77.4 cm³/mol. The van der Waals surface area contributed by atoms with Crippen molar-refractivity contribution < 1.29 is 19.5 Å². The van der Waals surface area contributed by atoms with Crippen molar-refractivity contribution in [3.05, 3.63) is 29.3 Å². The number of carbonyl (C=O) groups is 3. The highest BCUT2D eigenvalue weighted by atomic mass is 16.4. The SMILES string of the molecule is CCN(C)C(=O)CN1C(=O)CCc2cc(C(=O)O)ccc21. The van der Waals surface area contributed by atoms with Crippen molar-refractivity contribution in [1.82, 2.24) is 4.90 Å². The molecule has 112 valence electrons. The van der Waals surface area contributed by atoms with Crippen LogP contribution in [-0.4, -0.2) is 47.9 Å². The lowest BCUT2D eigenvalue weighted by molar-refractivity contribution is -0.130. The molecule has 1 aliphatic heterocycles. The summed E-state index contributed by atoms with van der Waals surface area (Å²) >= 11 is 0. The molecule has 0 bridgehead atoms. The number of amides is 2. The first-order chi connectivity index (χ1) is 9.93. The third kappa shape index (κ3) is 3.04. The summed E-state index contributed by atoms with van der Waals surface area (Å²) in [5, 5.41) is 9.01. The molecule has 6 heteroatoms. The van der Waals surface area contributed by atoms with Gasteiger partial charge in [-0.05, 0) is 37.1 Å². The van der Waals surface area contributed by atoms with Crippen molar-refractivity contribution >= 4 is 23.5 Å². The maximum atomic E-state index is 12.1. The number of nitrogens with zero attached hydrogens (tertiary/aromatic N) is 2. The molecule has 0 spiro atoms. The van der Waals surface area contributed by atoms with E-state index in [9.17, 15) is 14.4 Å². The lowest BCUT2D eigenvalue weighted by atomic mass is 9.98. The van der Waals surface area contributed by atoms with Crippen LogP contribution in [0.5, 0.6) is 0 Å². The molecular formula is C15H18N2O4. The molecule has 0 saturated heterocycles. The second-order valence-corrected chi connectivity index (χ2v) is 5.04. The molecule has 0 unspecified atom stereocenters. The number of hydrogen-bond acceptors (Lipinski definition) is 3. The number of likely N-dealkylation sites (N-methyl/N-ethyl adjacent to an activating group) is 1. The van der Waals surface area contributed by atoms with E-state index in [1.54, 1.807) is 24.1 Å². The first-order valence-corrected chi connectivity index (χ1v) is 6.84. The number of aromatic carboxylic acids is 1. The van der Waals surface area contributed by atoms with Gasteiger partial charge >= 0.3 is 5.97 Å². The summed E-state index contributed by atoms with van der Waals surface area (Å²) in [5.74, 6) is -1.24. The molecule has 21 heavy (non-hydrogen) atoms. The van der Waals surface area contributed by atoms with Crippen LogP contribution >= 0.6 is 0 Å². The zero-order valence-corrected chi connectivity index (χ0v) is 12.1. The largest absolute Gasteiger partial charge is 0.478 e. The van der Waals surface area contributed by atoms with E-state index < -0.39 is 5.97 Å². The summed E-state index contributed by atoms with van der Waals surface area (Å²) in [6.45, 7) is 2.43. The molecule has 1 aromatic carbocycles. The van der Waals surface area contributed by atoms with Gasteiger partial charge in [0.25, 0.3) is 0 Å². The molecule has 0 atom stereocenters. The van der Waals surface area contributed by atoms with Crippen molar-refractivity contribution in [3.8, 4) is 0 Å². The summed E-state index contributed by atoms with van der Waals surface area (Å²) in [4.78, 5) is 38.1. The average Bonchev–Trinajstić information content (AvgIpc) is 2.48. The van der Waals surface area contributed by atoms with E-state index in [1.165, 1.54) is 11.0 Å². The zero-order valence-electron chi connectivity index (χ0n) is 12.1. The number of carboxylic acid groups (broad SMARTS) is 1. The quantitative estimate of drug-likeness (QED) is 0.902. The highest BCUT2D eigenvalue weighted by Gasteiger charge is 2.27. The van der Waals surface area contributed by atoms with Crippen LogP contribution in [0, 0.1) is 0 Å². The Morgan fingerprint density at radius 3 is 2.67 bits per heavy atom. The fraction of sp³-hybridized carbons (Fsp3) is 0.400. The number of carboxylic acids is 1. The van der Waals surface area contributed by atoms with Gasteiger partial charge in [0.2, 0.25) is 11.8 Å². The second kappa shape index (κ2) is 5.95. The Labute approximate surface area is 123 Å². The van der Waals surface area contributed by atoms with Crippen LogP contribution in [0.2, 0.25) is 0 Å². The summed E-state index contributed by atoms with van der Waals surface area (Å²) in [7, 11) is 1.69. The molecule has 1 heterocycles. The Kier molecular flexibility index (Phi) is 4.26. The molecular weight excluding hydrogens is 272 g/mol. The molecule has 1 N–H and O–H groups in total. The topological polar surface area (TPSA) is 77.9 Å². The highest BCUT2D eigenvalue weighted by Crippen LogP contribution is 2.28. The van der Waals surface area contributed by atoms with E-state index >= 15 is 0 Å². The van der Waals surface area contributed by atoms with Crippen molar-refractivity contribution in [2.45, 2.75) is 19.8 Å². The number of benzene rings is 1. The second-order valence-electron chi connectivity index (χ2n) is 5.04. The minimum absolute atomic E-state index is 0.0113. The molecule has 6 nitrogen and oxygen atoms in total. The minimum atomic E-state index is -0.997. The van der Waals surface area contributed by atoms with E-state index in [2.05, 4.69) is 0 Å². The van der Waals surface area contributed by atoms with Crippen LogP contribution in [0.15, 0.2) is 18.2 Å². The maximum absolute atomic E-state index is 12.1. The first-order valence-electron chi connectivity index (χ1n) is 6.84. The van der Waals surface area contributed by atoms with Crippen LogP contribution in [0.25, 0.3) is 0 Å². The molecule has 0 saturated carbocycles. The minimum Gasteiger partial charge on any atom is -0.478 e. The summed E-state index contributed by atoms with van der Waals surface area (Å²) in [6.07, 6.45) is 0.794. The Balaban J connectivity index is 2.30. The summed E-state index contributed by atoms with van der Waals surface area (Å²) < 4.78 is 0. The maximum Gasteiger partial charge on any atom is 0.335 e. The van der Waals surface area contributed by atoms with Gasteiger partial charge in [-0.3, -0.25) is 9.59 Å². The van der Waals surface area contributed by atoms with Gasteiger partial charge in [0.15, 0.2) is 0 Å². The average molecular weight is 290 g/mol. The lowest BCUT2D eigenvalue weighted by Crippen LogP contribution is -2.43. The Hall–Kier alpha value is -2.37. The lowest BCUT2D eigenvalue weighted by Gasteiger charge is -2.30. The monoisotopic (exact) mass is 290 g/mol. The number of rotatable bonds is 4. The van der Waals surface area contributed by atoms with Crippen LogP contribution in [-0.2, 0) is 16.0 Å². The van der Waals surface area contributed by atoms with E-state index in [1.807, 2.05) is 6.92 Å². The van der Waals surface area contributed by atoms with Crippen LogP contribution < -0.4 is 4.90 Å². The fourth-order valence-corrected chi connectivity index (χ4v) is 2.30. The number of carbonyl (C=O) groups excluding carboxylic acids is 2. The van der Waals surface area contributed by atoms with E-state index in [0.29, 0.717) is 25.1 Å². The van der Waals surface area contributed by atoms with Gasteiger partial charge in [-0.25, -0.2) is 4.79 Å². The molecule has 0 aromatic heterocycles. The van der Waals surface area contributed by atoms with Crippen LogP contribution in [0.1, 0.15) is 29.3 Å². The molecule has 2 rings (SSSR count).